The van der Waals surface area contributed by atoms with E-state index in [1.165, 1.54) is 0 Å². The minimum Gasteiger partial charge on any atom is -0.481 e. The zero-order valence-electron chi connectivity index (χ0n) is 10.9. The van der Waals surface area contributed by atoms with Gasteiger partial charge in [0, 0.05) is 23.0 Å². The Hall–Kier alpha value is -1.89. The molecule has 0 atom stereocenters. The molecule has 7 heteroatoms. The number of urea groups is 1. The summed E-state index contributed by atoms with van der Waals surface area (Å²) in [5.41, 5.74) is 1.46. The van der Waals surface area contributed by atoms with Crippen LogP contribution in [0.3, 0.4) is 0 Å². The molecule has 0 aliphatic carbocycles. The molecule has 0 fully saturated rings. The van der Waals surface area contributed by atoms with E-state index in [-0.39, 0.29) is 19.3 Å². The number of carboxylic acid groups (broad SMARTS) is 1. The van der Waals surface area contributed by atoms with Crippen LogP contribution in [0.4, 0.5) is 10.5 Å². The molecule has 1 aromatic carbocycles. The Morgan fingerprint density at radius 1 is 1.25 bits per heavy atom. The van der Waals surface area contributed by atoms with E-state index in [0.29, 0.717) is 5.69 Å². The fraction of sp³-hybridized carbons (Fsp3) is 0.308. The second-order valence-electron chi connectivity index (χ2n) is 4.21. The smallest absolute Gasteiger partial charge is 0.325 e. The number of halogens is 1. The highest BCUT2D eigenvalue weighted by atomic mass is 79.9. The summed E-state index contributed by atoms with van der Waals surface area (Å²) in [4.78, 5) is 33.3. The van der Waals surface area contributed by atoms with Gasteiger partial charge in [-0.3, -0.25) is 14.9 Å². The van der Waals surface area contributed by atoms with Gasteiger partial charge in [0.2, 0.25) is 5.91 Å². The molecule has 0 spiro atoms. The van der Waals surface area contributed by atoms with Crippen LogP contribution in [0, 0.1) is 6.92 Å². The number of nitrogens with one attached hydrogen (secondary N) is 2. The van der Waals surface area contributed by atoms with E-state index in [2.05, 4.69) is 26.6 Å². The third-order valence-corrected chi connectivity index (χ3v) is 2.99. The SMILES string of the molecule is Cc1ccc(Br)cc1NC(=O)NC(=O)CCCC(=O)O. The highest BCUT2D eigenvalue weighted by Gasteiger charge is 2.10. The van der Waals surface area contributed by atoms with Crippen molar-refractivity contribution >= 4 is 39.5 Å². The van der Waals surface area contributed by atoms with Crippen molar-refractivity contribution < 1.29 is 19.5 Å². The number of amides is 3. The van der Waals surface area contributed by atoms with Crippen molar-refractivity contribution in [2.24, 2.45) is 0 Å². The van der Waals surface area contributed by atoms with E-state index < -0.39 is 17.9 Å². The van der Waals surface area contributed by atoms with Gasteiger partial charge in [-0.1, -0.05) is 22.0 Å². The van der Waals surface area contributed by atoms with E-state index in [9.17, 15) is 14.4 Å². The quantitative estimate of drug-likeness (QED) is 0.766. The molecule has 0 unspecified atom stereocenters. The first-order chi connectivity index (χ1) is 9.38. The average Bonchev–Trinajstić information content (AvgIpc) is 2.33. The van der Waals surface area contributed by atoms with Crippen LogP contribution in [-0.4, -0.2) is 23.0 Å². The van der Waals surface area contributed by atoms with Gasteiger partial charge in [0.05, 0.1) is 0 Å². The Bertz CT molecular complexity index is 531. The zero-order chi connectivity index (χ0) is 15.1. The molecule has 108 valence electrons. The monoisotopic (exact) mass is 342 g/mol. The number of aryl methyl sites for hydroxylation is 1. The second-order valence-corrected chi connectivity index (χ2v) is 5.12. The van der Waals surface area contributed by atoms with Gasteiger partial charge in [0.15, 0.2) is 0 Å². The summed E-state index contributed by atoms with van der Waals surface area (Å²) in [5.74, 6) is -1.47. The highest BCUT2D eigenvalue weighted by Crippen LogP contribution is 2.20. The molecule has 1 rings (SSSR count). The molecule has 3 N–H and O–H groups in total. The number of hydrogen-bond donors (Lipinski definition) is 3. The lowest BCUT2D eigenvalue weighted by Crippen LogP contribution is -2.34. The minimum absolute atomic E-state index is 0.00279. The minimum atomic E-state index is -0.966. The van der Waals surface area contributed by atoms with Crippen LogP contribution in [0.5, 0.6) is 0 Å². The Morgan fingerprint density at radius 3 is 2.60 bits per heavy atom. The lowest BCUT2D eigenvalue weighted by molar-refractivity contribution is -0.137. The molecule has 0 aliphatic heterocycles. The Morgan fingerprint density at radius 2 is 1.95 bits per heavy atom. The summed E-state index contributed by atoms with van der Waals surface area (Å²) < 4.78 is 0.811. The molecule has 1 aromatic rings. The number of benzene rings is 1. The predicted octanol–water partition coefficient (Wildman–Crippen LogP) is 2.66. The molecule has 20 heavy (non-hydrogen) atoms. The van der Waals surface area contributed by atoms with Crippen molar-refractivity contribution in [3.63, 3.8) is 0 Å². The number of rotatable bonds is 5. The van der Waals surface area contributed by atoms with Crippen LogP contribution >= 0.6 is 15.9 Å². The number of carbonyl (C=O) groups excluding carboxylic acids is 2. The van der Waals surface area contributed by atoms with Crippen LogP contribution in [0.1, 0.15) is 24.8 Å². The van der Waals surface area contributed by atoms with E-state index in [1.54, 1.807) is 6.07 Å². The highest BCUT2D eigenvalue weighted by molar-refractivity contribution is 9.10. The predicted molar refractivity (Wildman–Crippen MR) is 77.5 cm³/mol. The van der Waals surface area contributed by atoms with Gasteiger partial charge in [-0.05, 0) is 31.0 Å². The Balaban J connectivity index is 2.45. The number of carbonyl (C=O) groups is 3. The van der Waals surface area contributed by atoms with Gasteiger partial charge in [0.25, 0.3) is 0 Å². The maximum atomic E-state index is 11.6. The van der Waals surface area contributed by atoms with E-state index in [4.69, 9.17) is 5.11 Å². The fourth-order valence-electron chi connectivity index (χ4n) is 1.47. The maximum Gasteiger partial charge on any atom is 0.325 e. The van der Waals surface area contributed by atoms with Crippen LogP contribution < -0.4 is 10.6 Å². The molecule has 0 saturated heterocycles. The van der Waals surface area contributed by atoms with Crippen molar-refractivity contribution in [3.8, 4) is 0 Å². The first-order valence-corrected chi connectivity index (χ1v) is 6.76. The average molecular weight is 343 g/mol. The zero-order valence-corrected chi connectivity index (χ0v) is 12.5. The summed E-state index contributed by atoms with van der Waals surface area (Å²) in [6, 6.07) is 4.76. The lowest BCUT2D eigenvalue weighted by Gasteiger charge is -2.09. The van der Waals surface area contributed by atoms with Gasteiger partial charge in [-0.2, -0.15) is 0 Å². The largest absolute Gasteiger partial charge is 0.481 e. The van der Waals surface area contributed by atoms with Gasteiger partial charge in [-0.25, -0.2) is 4.79 Å². The summed E-state index contributed by atoms with van der Waals surface area (Å²) in [6.45, 7) is 1.83. The van der Waals surface area contributed by atoms with Crippen LogP contribution in [0.25, 0.3) is 0 Å². The molecular weight excluding hydrogens is 328 g/mol. The van der Waals surface area contributed by atoms with Gasteiger partial charge in [0.1, 0.15) is 0 Å². The standard InChI is InChI=1S/C13H15BrN2O4/c1-8-5-6-9(14)7-10(8)15-13(20)16-11(17)3-2-4-12(18)19/h5-7H,2-4H2,1H3,(H,18,19)(H2,15,16,17,20). The molecule has 0 aliphatic rings. The molecule has 3 amide bonds. The molecular formula is C13H15BrN2O4. The Labute approximate surface area is 124 Å². The summed E-state index contributed by atoms with van der Waals surface area (Å²) in [6.07, 6.45) is 0.0985. The first-order valence-electron chi connectivity index (χ1n) is 5.97. The molecule has 0 saturated carbocycles. The van der Waals surface area contributed by atoms with Crippen molar-refractivity contribution in [1.29, 1.82) is 0 Å². The summed E-state index contributed by atoms with van der Waals surface area (Å²) >= 11 is 3.29. The van der Waals surface area contributed by atoms with E-state index >= 15 is 0 Å². The summed E-state index contributed by atoms with van der Waals surface area (Å²) in [5, 5.41) is 13.2. The van der Waals surface area contributed by atoms with Crippen molar-refractivity contribution in [1.82, 2.24) is 5.32 Å². The first kappa shape index (κ1) is 16.2. The molecule has 6 nitrogen and oxygen atoms in total. The van der Waals surface area contributed by atoms with Crippen LogP contribution in [0.2, 0.25) is 0 Å². The van der Waals surface area contributed by atoms with Crippen LogP contribution in [0.15, 0.2) is 22.7 Å². The normalized spacial score (nSPS) is 9.90. The lowest BCUT2D eigenvalue weighted by atomic mass is 10.2. The number of aliphatic carboxylic acids is 1. The molecule has 0 aromatic heterocycles. The van der Waals surface area contributed by atoms with E-state index in [0.717, 1.165) is 10.0 Å². The van der Waals surface area contributed by atoms with Gasteiger partial charge in [-0.15, -0.1) is 0 Å². The molecule has 0 radical (unpaired) electrons. The second kappa shape index (κ2) is 7.64. The van der Waals surface area contributed by atoms with Gasteiger partial charge >= 0.3 is 12.0 Å². The number of imide groups is 1. The summed E-state index contributed by atoms with van der Waals surface area (Å²) in [7, 11) is 0. The van der Waals surface area contributed by atoms with Crippen molar-refractivity contribution in [2.75, 3.05) is 5.32 Å². The van der Waals surface area contributed by atoms with Crippen LogP contribution in [-0.2, 0) is 9.59 Å². The van der Waals surface area contributed by atoms with Gasteiger partial charge < -0.3 is 10.4 Å². The fourth-order valence-corrected chi connectivity index (χ4v) is 1.83. The number of hydrogen-bond acceptors (Lipinski definition) is 3. The third kappa shape index (κ3) is 5.83. The molecule has 0 bridgehead atoms. The molecule has 0 heterocycles. The number of anilines is 1. The van der Waals surface area contributed by atoms with Crippen molar-refractivity contribution in [3.05, 3.63) is 28.2 Å². The van der Waals surface area contributed by atoms with Crippen molar-refractivity contribution in [2.45, 2.75) is 26.2 Å². The number of carboxylic acids is 1. The Kier molecular flexibility index (Phi) is 6.17. The third-order valence-electron chi connectivity index (χ3n) is 2.50. The van der Waals surface area contributed by atoms with E-state index in [1.807, 2.05) is 19.1 Å². The maximum absolute atomic E-state index is 11.6. The topological polar surface area (TPSA) is 95.5 Å².